The van der Waals surface area contributed by atoms with Crippen LogP contribution in [0.3, 0.4) is 0 Å². The van der Waals surface area contributed by atoms with Gasteiger partial charge in [0.25, 0.3) is 0 Å². The molecule has 0 N–H and O–H groups in total. The molecule has 3 saturated heterocycles. The lowest BCUT2D eigenvalue weighted by molar-refractivity contribution is 0.00850. The molecule has 0 unspecified atom stereocenters. The minimum atomic E-state index is -0.910. The van der Waals surface area contributed by atoms with Crippen LogP contribution in [-0.2, 0) is 4.74 Å². The predicted molar refractivity (Wildman–Crippen MR) is 162 cm³/mol. The molecule has 42 heavy (non-hydrogen) atoms. The summed E-state index contributed by atoms with van der Waals surface area (Å²) in [4.78, 5) is 32.5. The molecule has 3 fully saturated rings. The molecule has 0 spiro atoms. The number of hydrogen-bond donors (Lipinski definition) is 0. The van der Waals surface area contributed by atoms with Gasteiger partial charge in [-0.15, -0.1) is 6.58 Å². The zero-order valence-electron chi connectivity index (χ0n) is 24.5. The van der Waals surface area contributed by atoms with E-state index < -0.39 is 23.1 Å². The van der Waals surface area contributed by atoms with E-state index in [0.29, 0.717) is 54.7 Å². The molecule has 2 aromatic heterocycles. The first-order valence-electron chi connectivity index (χ1n) is 14.5. The minimum Gasteiger partial charge on any atom is -0.461 e. The highest BCUT2D eigenvalue weighted by Gasteiger charge is 2.49. The Kier molecular flexibility index (Phi) is 8.89. The molecule has 0 aliphatic carbocycles. The van der Waals surface area contributed by atoms with E-state index in [4.69, 9.17) is 26.1 Å². The summed E-state index contributed by atoms with van der Waals surface area (Å²) in [6, 6.07) is -0.513. The number of carbonyl (C=O) groups excluding carboxylic acids is 1. The fourth-order valence-electron chi connectivity index (χ4n) is 6.71. The number of fused-ring (bicyclic) bond motifs is 2. The molecule has 4 atom stereocenters. The number of nitrogens with zero attached hydrogens (tertiary/aromatic N) is 6. The molecule has 0 bridgehead atoms. The van der Waals surface area contributed by atoms with E-state index in [1.807, 2.05) is 32.6 Å². The monoisotopic (exact) mass is 670 g/mol. The van der Waals surface area contributed by atoms with Gasteiger partial charge in [0.2, 0.25) is 0 Å². The van der Waals surface area contributed by atoms with E-state index in [2.05, 4.69) is 37.4 Å². The molecule has 5 rings (SSSR count). The number of anilines is 1. The Balaban J connectivity index is 1.55. The molecule has 13 heteroatoms. The Morgan fingerprint density at radius 2 is 2.00 bits per heavy atom. The second kappa shape index (κ2) is 12.0. The van der Waals surface area contributed by atoms with Gasteiger partial charge in [0.05, 0.1) is 23.0 Å². The Labute approximate surface area is 258 Å². The van der Waals surface area contributed by atoms with Crippen molar-refractivity contribution in [3.63, 3.8) is 0 Å². The van der Waals surface area contributed by atoms with Crippen LogP contribution in [-0.4, -0.2) is 93.0 Å². The first-order valence-corrected chi connectivity index (χ1v) is 15.7. The smallest absolute Gasteiger partial charge is 0.410 e. The van der Waals surface area contributed by atoms with Crippen LogP contribution < -0.4 is 9.64 Å². The largest absolute Gasteiger partial charge is 0.461 e. The van der Waals surface area contributed by atoms with Gasteiger partial charge in [-0.2, -0.15) is 9.97 Å². The Bertz CT molecular complexity index is 1360. The molecule has 9 nitrogen and oxygen atoms in total. The number of rotatable bonds is 7. The van der Waals surface area contributed by atoms with Crippen LogP contribution in [0.5, 0.6) is 6.01 Å². The van der Waals surface area contributed by atoms with Crippen molar-refractivity contribution in [1.82, 2.24) is 24.8 Å². The molecule has 230 valence electrons. The maximum atomic E-state index is 15.5. The summed E-state index contributed by atoms with van der Waals surface area (Å²) in [5, 5.41) is 0.0228. The normalized spacial score (nSPS) is 26.5. The number of piperazine rings is 1. The Morgan fingerprint density at radius 1 is 1.24 bits per heavy atom. The minimum absolute atomic E-state index is 0.0194. The highest BCUT2D eigenvalue weighted by molar-refractivity contribution is 9.10. The van der Waals surface area contributed by atoms with Gasteiger partial charge in [0.1, 0.15) is 34.3 Å². The van der Waals surface area contributed by atoms with E-state index in [-0.39, 0.29) is 41.5 Å². The lowest BCUT2D eigenvalue weighted by Crippen LogP contribution is -2.61. The van der Waals surface area contributed by atoms with E-state index in [9.17, 15) is 9.18 Å². The van der Waals surface area contributed by atoms with Gasteiger partial charge < -0.3 is 19.3 Å². The van der Waals surface area contributed by atoms with Gasteiger partial charge in [0, 0.05) is 26.1 Å². The summed E-state index contributed by atoms with van der Waals surface area (Å²) in [5.41, 5.74) is -1.10. The van der Waals surface area contributed by atoms with Crippen LogP contribution in [0.2, 0.25) is 5.15 Å². The third-order valence-electron chi connectivity index (χ3n) is 8.45. The second-order valence-electron chi connectivity index (χ2n) is 12.4. The number of aromatic nitrogens is 3. The standard InChI is InChI=1S/C29H38BrClF2N6O3/c1-6-9-19-18(7-2)39(27(40)42-28(3,4)5)13-12-38(19)25-20-22(21(33)24(31)35-23(20)30)34-26(36-25)41-16-29-10-8-11-37(29)15-17(32)14-29/h6,17-19H,1,7-16H2,2-5H3/t17-,18+,19-,29+/m1/s1. The number of alkyl halides is 1. The molecule has 2 aromatic rings. The van der Waals surface area contributed by atoms with Crippen molar-refractivity contribution >= 4 is 50.3 Å². The topological polar surface area (TPSA) is 83.9 Å². The molecule has 0 saturated carbocycles. The average molecular weight is 672 g/mol. The fraction of sp³-hybridized carbons (Fsp3) is 0.655. The fourth-order valence-corrected chi connectivity index (χ4v) is 7.53. The molecule has 3 aliphatic heterocycles. The van der Waals surface area contributed by atoms with Crippen LogP contribution in [0.4, 0.5) is 19.4 Å². The quantitative estimate of drug-likeness (QED) is 0.250. The Morgan fingerprint density at radius 3 is 2.69 bits per heavy atom. The maximum absolute atomic E-state index is 15.5. The van der Waals surface area contributed by atoms with Gasteiger partial charge in [-0.3, -0.25) is 4.90 Å². The number of pyridine rings is 1. The van der Waals surface area contributed by atoms with Gasteiger partial charge in [0.15, 0.2) is 11.0 Å². The number of carbonyl (C=O) groups is 1. The summed E-state index contributed by atoms with van der Waals surface area (Å²) >= 11 is 9.59. The summed E-state index contributed by atoms with van der Waals surface area (Å²) in [5.74, 6) is -0.372. The predicted octanol–water partition coefficient (Wildman–Crippen LogP) is 6.32. The molecule has 0 radical (unpaired) electrons. The lowest BCUT2D eigenvalue weighted by atomic mass is 9.95. The van der Waals surface area contributed by atoms with Crippen molar-refractivity contribution in [3.05, 3.63) is 28.2 Å². The van der Waals surface area contributed by atoms with Crippen LogP contribution in [0, 0.1) is 5.82 Å². The Hall–Kier alpha value is -2.31. The van der Waals surface area contributed by atoms with E-state index >= 15 is 4.39 Å². The van der Waals surface area contributed by atoms with Crippen LogP contribution in [0.25, 0.3) is 10.9 Å². The van der Waals surface area contributed by atoms with Crippen LogP contribution in [0.15, 0.2) is 17.3 Å². The van der Waals surface area contributed by atoms with Crippen molar-refractivity contribution in [2.24, 2.45) is 0 Å². The first-order chi connectivity index (χ1) is 19.9. The molecule has 3 aliphatic rings. The molecule has 5 heterocycles. The summed E-state index contributed by atoms with van der Waals surface area (Å²) in [6.07, 6.45) is 3.83. The molecule has 1 amide bonds. The highest BCUT2D eigenvalue weighted by atomic mass is 79.9. The van der Waals surface area contributed by atoms with Crippen LogP contribution >= 0.6 is 27.5 Å². The van der Waals surface area contributed by atoms with Gasteiger partial charge >= 0.3 is 12.1 Å². The van der Waals surface area contributed by atoms with Gasteiger partial charge in [-0.25, -0.2) is 18.6 Å². The molecular weight excluding hydrogens is 634 g/mol. The van der Waals surface area contributed by atoms with Crippen molar-refractivity contribution in [2.75, 3.05) is 37.7 Å². The maximum Gasteiger partial charge on any atom is 0.410 e. The van der Waals surface area contributed by atoms with Gasteiger partial charge in [-0.1, -0.05) is 24.6 Å². The number of halogens is 4. The van der Waals surface area contributed by atoms with Crippen molar-refractivity contribution in [3.8, 4) is 6.01 Å². The lowest BCUT2D eigenvalue weighted by Gasteiger charge is -2.48. The number of hydrogen-bond acceptors (Lipinski definition) is 8. The number of ether oxygens (including phenoxy) is 2. The molecule has 0 aromatic carbocycles. The third kappa shape index (κ3) is 5.91. The summed E-state index contributed by atoms with van der Waals surface area (Å²) in [6.45, 7) is 13.6. The second-order valence-corrected chi connectivity index (χ2v) is 13.5. The van der Waals surface area contributed by atoms with Gasteiger partial charge in [-0.05, 0) is 68.9 Å². The van der Waals surface area contributed by atoms with Crippen molar-refractivity contribution in [2.45, 2.75) is 89.2 Å². The summed E-state index contributed by atoms with van der Waals surface area (Å²) < 4.78 is 42.1. The molecular formula is C29H38BrClF2N6O3. The zero-order valence-corrected chi connectivity index (χ0v) is 26.8. The van der Waals surface area contributed by atoms with Crippen LogP contribution in [0.1, 0.15) is 59.8 Å². The average Bonchev–Trinajstić information content (AvgIpc) is 3.44. The SMILES string of the molecule is C=CC[C@@H]1[C@H](CC)N(C(=O)OC(C)(C)C)CCN1c1nc(OC[C@@]23CCCN2C[C@H](F)C3)nc2c(F)c(Cl)nc(Br)c12. The highest BCUT2D eigenvalue weighted by Crippen LogP contribution is 2.42. The first kappa shape index (κ1) is 31.1. The zero-order chi connectivity index (χ0) is 30.4. The third-order valence-corrected chi connectivity index (χ3v) is 9.27. The van der Waals surface area contributed by atoms with Crippen molar-refractivity contribution < 1.29 is 23.0 Å². The number of amides is 1. The van der Waals surface area contributed by atoms with E-state index in [0.717, 1.165) is 19.4 Å². The van der Waals surface area contributed by atoms with Crippen molar-refractivity contribution in [1.29, 1.82) is 0 Å². The van der Waals surface area contributed by atoms with E-state index in [1.165, 1.54) is 0 Å². The van der Waals surface area contributed by atoms with E-state index in [1.54, 1.807) is 11.0 Å². The summed E-state index contributed by atoms with van der Waals surface area (Å²) in [7, 11) is 0.